The molecule has 6 nitrogen and oxygen atoms in total. The fourth-order valence-electron chi connectivity index (χ4n) is 2.75. The summed E-state index contributed by atoms with van der Waals surface area (Å²) >= 11 is 0. The Hall–Kier alpha value is -1.43. The minimum Gasteiger partial charge on any atom is -0.408 e. The third-order valence-corrected chi connectivity index (χ3v) is 3.94. The van der Waals surface area contributed by atoms with E-state index in [1.165, 1.54) is 0 Å². The zero-order chi connectivity index (χ0) is 13.3. The second kappa shape index (κ2) is 4.92. The van der Waals surface area contributed by atoms with Crippen LogP contribution >= 0.6 is 0 Å². The highest BCUT2D eigenvalue weighted by Gasteiger charge is 2.40. The molecule has 1 saturated heterocycles. The Bertz CT molecular complexity index is 461. The quantitative estimate of drug-likeness (QED) is 0.847. The van der Waals surface area contributed by atoms with Crippen LogP contribution in [0.3, 0.4) is 0 Å². The average molecular weight is 264 g/mol. The van der Waals surface area contributed by atoms with Crippen LogP contribution in [0, 0.1) is 0 Å². The number of hydrogen-bond acceptors (Lipinski definition) is 5. The maximum absolute atomic E-state index is 12.4. The van der Waals surface area contributed by atoms with Gasteiger partial charge in [-0.3, -0.25) is 10.1 Å². The van der Waals surface area contributed by atoms with E-state index in [0.29, 0.717) is 11.8 Å². The van der Waals surface area contributed by atoms with Gasteiger partial charge in [-0.25, -0.2) is 0 Å². The lowest BCUT2D eigenvalue weighted by Gasteiger charge is -2.26. The molecule has 0 radical (unpaired) electrons. The largest absolute Gasteiger partial charge is 0.408 e. The maximum atomic E-state index is 12.4. The summed E-state index contributed by atoms with van der Waals surface area (Å²) in [5, 5.41) is 14.0. The lowest BCUT2D eigenvalue weighted by Crippen LogP contribution is -2.50. The van der Waals surface area contributed by atoms with Crippen LogP contribution < -0.4 is 10.6 Å². The fraction of sp³-hybridized carbons (Fsp3) is 0.769. The molecule has 1 saturated carbocycles. The molecule has 2 heterocycles. The van der Waals surface area contributed by atoms with E-state index in [4.69, 9.17) is 4.42 Å². The molecule has 1 aromatic rings. The van der Waals surface area contributed by atoms with Gasteiger partial charge in [0.1, 0.15) is 0 Å². The average Bonchev–Trinajstić information content (AvgIpc) is 2.96. The summed E-state index contributed by atoms with van der Waals surface area (Å²) in [5.41, 5.74) is -0.455. The molecule has 19 heavy (non-hydrogen) atoms. The third-order valence-electron chi connectivity index (χ3n) is 3.94. The number of nitrogens with zero attached hydrogens (tertiary/aromatic N) is 2. The Morgan fingerprint density at radius 3 is 3.00 bits per heavy atom. The number of hydrogen-bond donors (Lipinski definition) is 2. The van der Waals surface area contributed by atoms with Crippen molar-refractivity contribution in [3.05, 3.63) is 5.89 Å². The lowest BCUT2D eigenvalue weighted by atomic mass is 9.91. The zero-order valence-corrected chi connectivity index (χ0v) is 11.2. The van der Waals surface area contributed by atoms with Gasteiger partial charge in [-0.1, -0.05) is 18.4 Å². The number of carbonyl (C=O) groups is 1. The molecule has 1 atom stereocenters. The number of nitrogens with one attached hydrogen (secondary N) is 2. The molecule has 0 aromatic carbocycles. The minimum atomic E-state index is -0.455. The summed E-state index contributed by atoms with van der Waals surface area (Å²) in [7, 11) is 0. The van der Waals surface area contributed by atoms with Crippen molar-refractivity contribution in [2.75, 3.05) is 11.9 Å². The molecule has 1 aromatic heterocycles. The fourth-order valence-corrected chi connectivity index (χ4v) is 2.75. The summed E-state index contributed by atoms with van der Waals surface area (Å²) in [6.07, 6.45) is 5.93. The predicted octanol–water partition coefficient (Wildman–Crippen LogP) is 1.81. The topological polar surface area (TPSA) is 80.1 Å². The summed E-state index contributed by atoms with van der Waals surface area (Å²) in [4.78, 5) is 12.4. The van der Waals surface area contributed by atoms with Gasteiger partial charge in [0, 0.05) is 5.92 Å². The smallest absolute Gasteiger partial charge is 0.322 e. The third kappa shape index (κ3) is 2.49. The van der Waals surface area contributed by atoms with Gasteiger partial charge in [0.25, 0.3) is 0 Å². The van der Waals surface area contributed by atoms with Crippen molar-refractivity contribution in [3.8, 4) is 0 Å². The lowest BCUT2D eigenvalue weighted by molar-refractivity contribution is -0.122. The second-order valence-corrected chi connectivity index (χ2v) is 5.54. The molecule has 2 aliphatic rings. The Morgan fingerprint density at radius 1 is 1.53 bits per heavy atom. The number of anilines is 1. The molecule has 0 spiro atoms. The monoisotopic (exact) mass is 264 g/mol. The minimum absolute atomic E-state index is 0.0437. The van der Waals surface area contributed by atoms with Crippen LogP contribution in [0.1, 0.15) is 57.3 Å². The highest BCUT2D eigenvalue weighted by atomic mass is 16.4. The first kappa shape index (κ1) is 12.6. The molecule has 1 aliphatic heterocycles. The van der Waals surface area contributed by atoms with E-state index in [1.807, 2.05) is 0 Å². The highest BCUT2D eigenvalue weighted by molar-refractivity contribution is 5.96. The van der Waals surface area contributed by atoms with Gasteiger partial charge in [0.15, 0.2) is 0 Å². The summed E-state index contributed by atoms with van der Waals surface area (Å²) < 4.78 is 5.48. The van der Waals surface area contributed by atoms with Crippen LogP contribution in [0.15, 0.2) is 4.42 Å². The van der Waals surface area contributed by atoms with Gasteiger partial charge >= 0.3 is 6.01 Å². The standard InChI is InChI=1S/C13H20N4O2/c1-2-6-13(7-3-8-14-13)11(18)15-12-17-16-10(19-12)9-4-5-9/h9,14H,2-8H2,1H3,(H,15,17,18). The molecular formula is C13H20N4O2. The first-order valence-corrected chi connectivity index (χ1v) is 7.13. The number of aromatic nitrogens is 2. The SMILES string of the molecule is CCCC1(C(=O)Nc2nnc(C3CC3)o2)CCCN1. The summed E-state index contributed by atoms with van der Waals surface area (Å²) in [5.74, 6) is 1.02. The number of amides is 1. The number of carbonyl (C=O) groups excluding carboxylic acids is 1. The van der Waals surface area contributed by atoms with Gasteiger partial charge in [-0.15, -0.1) is 5.10 Å². The van der Waals surface area contributed by atoms with Crippen molar-refractivity contribution < 1.29 is 9.21 Å². The van der Waals surface area contributed by atoms with Gasteiger partial charge in [0.2, 0.25) is 11.8 Å². The van der Waals surface area contributed by atoms with Crippen molar-refractivity contribution in [2.45, 2.75) is 56.9 Å². The van der Waals surface area contributed by atoms with Crippen molar-refractivity contribution in [1.82, 2.24) is 15.5 Å². The summed E-state index contributed by atoms with van der Waals surface area (Å²) in [6, 6.07) is 0.232. The molecule has 1 amide bonds. The van der Waals surface area contributed by atoms with Crippen molar-refractivity contribution in [1.29, 1.82) is 0 Å². The molecule has 2 N–H and O–H groups in total. The Labute approximate surface area is 112 Å². The van der Waals surface area contributed by atoms with Crippen LogP contribution in [0.4, 0.5) is 6.01 Å². The van der Waals surface area contributed by atoms with Crippen LogP contribution in [0.5, 0.6) is 0 Å². The molecule has 0 bridgehead atoms. The Balaban J connectivity index is 1.68. The first-order valence-electron chi connectivity index (χ1n) is 7.13. The van der Waals surface area contributed by atoms with Crippen LogP contribution in [0.25, 0.3) is 0 Å². The van der Waals surface area contributed by atoms with Gasteiger partial charge in [-0.2, -0.15) is 0 Å². The highest BCUT2D eigenvalue weighted by Crippen LogP contribution is 2.39. The van der Waals surface area contributed by atoms with Gasteiger partial charge in [0.05, 0.1) is 5.54 Å². The molecule has 1 unspecified atom stereocenters. The Morgan fingerprint density at radius 2 is 2.37 bits per heavy atom. The van der Waals surface area contributed by atoms with E-state index in [0.717, 1.165) is 45.1 Å². The Kier molecular flexibility index (Phi) is 3.26. The molecule has 1 aliphatic carbocycles. The predicted molar refractivity (Wildman–Crippen MR) is 69.8 cm³/mol. The van der Waals surface area contributed by atoms with Gasteiger partial charge in [-0.05, 0) is 38.6 Å². The van der Waals surface area contributed by atoms with Crippen LogP contribution in [0.2, 0.25) is 0 Å². The first-order chi connectivity index (χ1) is 9.23. The summed E-state index contributed by atoms with van der Waals surface area (Å²) in [6.45, 7) is 2.98. The van der Waals surface area contributed by atoms with Crippen molar-refractivity contribution in [3.63, 3.8) is 0 Å². The van der Waals surface area contributed by atoms with Crippen molar-refractivity contribution >= 4 is 11.9 Å². The van der Waals surface area contributed by atoms with E-state index < -0.39 is 5.54 Å². The number of rotatable bonds is 5. The molecule has 104 valence electrons. The zero-order valence-electron chi connectivity index (χ0n) is 11.2. The van der Waals surface area contributed by atoms with E-state index in [9.17, 15) is 4.79 Å². The van der Waals surface area contributed by atoms with E-state index >= 15 is 0 Å². The van der Waals surface area contributed by atoms with Crippen molar-refractivity contribution in [2.24, 2.45) is 0 Å². The maximum Gasteiger partial charge on any atom is 0.322 e. The van der Waals surface area contributed by atoms with Crippen LogP contribution in [-0.2, 0) is 4.79 Å². The van der Waals surface area contributed by atoms with Gasteiger partial charge < -0.3 is 9.73 Å². The molecule has 3 rings (SSSR count). The van der Waals surface area contributed by atoms with E-state index in [1.54, 1.807) is 0 Å². The molecule has 2 fully saturated rings. The van der Waals surface area contributed by atoms with E-state index in [2.05, 4.69) is 27.8 Å². The molecular weight excluding hydrogens is 244 g/mol. The van der Waals surface area contributed by atoms with E-state index in [-0.39, 0.29) is 11.9 Å². The molecule has 6 heteroatoms. The van der Waals surface area contributed by atoms with Crippen LogP contribution in [-0.4, -0.2) is 28.2 Å². The second-order valence-electron chi connectivity index (χ2n) is 5.54. The normalized spacial score (nSPS) is 26.6.